The molecule has 5 nitrogen and oxygen atoms in total. The number of aromatic amines is 1. The molecule has 0 aliphatic heterocycles. The number of carbonyl (C=O) groups is 1. The lowest BCUT2D eigenvalue weighted by Crippen LogP contribution is -2.23. The molecule has 2 aromatic heterocycles. The molecule has 2 heterocycles. The average molecular weight is 278 g/mol. The van der Waals surface area contributed by atoms with E-state index in [1.54, 1.807) is 18.5 Å². The number of nitrogens with one attached hydrogen (secondary N) is 2. The topological polar surface area (TPSA) is 70.7 Å². The van der Waals surface area contributed by atoms with E-state index in [4.69, 9.17) is 0 Å². The highest BCUT2D eigenvalue weighted by molar-refractivity contribution is 5.93. The summed E-state index contributed by atoms with van der Waals surface area (Å²) in [5.74, 6) is -0.174. The van der Waals surface area contributed by atoms with Gasteiger partial charge in [0.25, 0.3) is 5.91 Å². The second-order valence-corrected chi connectivity index (χ2v) is 4.57. The van der Waals surface area contributed by atoms with Crippen molar-refractivity contribution in [3.63, 3.8) is 0 Å². The molecule has 104 valence electrons. The standard InChI is InChI=1S/C16H14N4O/c21-16(18-11-12-4-2-1-3-5-12)15-10-14(19-20-15)13-6-8-17-9-7-13/h1-10H,11H2,(H,18,21)(H,19,20). The Morgan fingerprint density at radius 1 is 1.10 bits per heavy atom. The van der Waals surface area contributed by atoms with Gasteiger partial charge in [0.15, 0.2) is 0 Å². The number of pyridine rings is 1. The molecule has 0 saturated carbocycles. The van der Waals surface area contributed by atoms with Gasteiger partial charge < -0.3 is 5.32 Å². The lowest BCUT2D eigenvalue weighted by Gasteiger charge is -2.02. The van der Waals surface area contributed by atoms with E-state index in [1.807, 2.05) is 42.5 Å². The molecule has 0 atom stereocenters. The zero-order valence-corrected chi connectivity index (χ0v) is 11.3. The molecule has 21 heavy (non-hydrogen) atoms. The lowest BCUT2D eigenvalue weighted by molar-refractivity contribution is 0.0946. The summed E-state index contributed by atoms with van der Waals surface area (Å²) < 4.78 is 0. The Hall–Kier alpha value is -2.95. The minimum Gasteiger partial charge on any atom is -0.347 e. The van der Waals surface area contributed by atoms with Crippen molar-refractivity contribution in [2.24, 2.45) is 0 Å². The monoisotopic (exact) mass is 278 g/mol. The average Bonchev–Trinajstić information content (AvgIpc) is 3.04. The van der Waals surface area contributed by atoms with Crippen molar-refractivity contribution in [2.75, 3.05) is 0 Å². The van der Waals surface area contributed by atoms with Crippen LogP contribution in [0.15, 0.2) is 60.9 Å². The summed E-state index contributed by atoms with van der Waals surface area (Å²) in [7, 11) is 0. The van der Waals surface area contributed by atoms with E-state index in [-0.39, 0.29) is 5.91 Å². The molecule has 0 bridgehead atoms. The zero-order valence-electron chi connectivity index (χ0n) is 11.3. The van der Waals surface area contributed by atoms with Gasteiger partial charge in [-0.25, -0.2) is 0 Å². The van der Waals surface area contributed by atoms with E-state index >= 15 is 0 Å². The first-order valence-electron chi connectivity index (χ1n) is 6.61. The van der Waals surface area contributed by atoms with Gasteiger partial charge >= 0.3 is 0 Å². The number of nitrogens with zero attached hydrogens (tertiary/aromatic N) is 2. The molecule has 1 amide bonds. The molecule has 0 saturated heterocycles. The Balaban J connectivity index is 1.67. The molecule has 0 fully saturated rings. The summed E-state index contributed by atoms with van der Waals surface area (Å²) in [6.07, 6.45) is 3.39. The SMILES string of the molecule is O=C(NCc1ccccc1)c1cc(-c2ccncc2)n[nH]1. The van der Waals surface area contributed by atoms with Crippen LogP contribution >= 0.6 is 0 Å². The van der Waals surface area contributed by atoms with Gasteiger partial charge in [0.05, 0.1) is 5.69 Å². The van der Waals surface area contributed by atoms with Gasteiger partial charge in [0.1, 0.15) is 5.69 Å². The van der Waals surface area contributed by atoms with Crippen molar-refractivity contribution in [1.29, 1.82) is 0 Å². The van der Waals surface area contributed by atoms with Crippen LogP contribution in [0.1, 0.15) is 16.1 Å². The minimum absolute atomic E-state index is 0.174. The summed E-state index contributed by atoms with van der Waals surface area (Å²) in [6.45, 7) is 0.489. The maximum atomic E-state index is 12.1. The van der Waals surface area contributed by atoms with Crippen LogP contribution in [0.4, 0.5) is 0 Å². The highest BCUT2D eigenvalue weighted by Gasteiger charge is 2.10. The van der Waals surface area contributed by atoms with E-state index in [0.717, 1.165) is 16.8 Å². The normalized spacial score (nSPS) is 10.3. The van der Waals surface area contributed by atoms with Crippen LogP contribution in [0, 0.1) is 0 Å². The number of benzene rings is 1. The molecule has 0 radical (unpaired) electrons. The van der Waals surface area contributed by atoms with Crippen LogP contribution in [-0.4, -0.2) is 21.1 Å². The molecule has 0 unspecified atom stereocenters. The number of amides is 1. The van der Waals surface area contributed by atoms with Crippen molar-refractivity contribution >= 4 is 5.91 Å². The molecule has 1 aromatic carbocycles. The fourth-order valence-corrected chi connectivity index (χ4v) is 1.98. The molecule has 0 aliphatic rings. The van der Waals surface area contributed by atoms with Crippen molar-refractivity contribution in [1.82, 2.24) is 20.5 Å². The van der Waals surface area contributed by atoms with E-state index < -0.39 is 0 Å². The first-order valence-corrected chi connectivity index (χ1v) is 6.61. The third-order valence-electron chi connectivity index (χ3n) is 3.09. The fraction of sp³-hybridized carbons (Fsp3) is 0.0625. The van der Waals surface area contributed by atoms with Crippen LogP contribution in [0.2, 0.25) is 0 Å². The molecular formula is C16H14N4O. The van der Waals surface area contributed by atoms with Gasteiger partial charge in [0.2, 0.25) is 0 Å². The van der Waals surface area contributed by atoms with Gasteiger partial charge in [-0.05, 0) is 23.8 Å². The number of carbonyl (C=O) groups excluding carboxylic acids is 1. The lowest BCUT2D eigenvalue weighted by atomic mass is 10.2. The minimum atomic E-state index is -0.174. The summed E-state index contributed by atoms with van der Waals surface area (Å²) in [6, 6.07) is 15.2. The Bertz CT molecular complexity index is 722. The summed E-state index contributed by atoms with van der Waals surface area (Å²) >= 11 is 0. The van der Waals surface area contributed by atoms with Crippen molar-refractivity contribution < 1.29 is 4.79 Å². The Morgan fingerprint density at radius 3 is 2.62 bits per heavy atom. The molecule has 2 N–H and O–H groups in total. The predicted molar refractivity (Wildman–Crippen MR) is 79.4 cm³/mol. The smallest absolute Gasteiger partial charge is 0.269 e. The van der Waals surface area contributed by atoms with E-state index in [0.29, 0.717) is 12.2 Å². The first kappa shape index (κ1) is 13.1. The molecule has 0 aliphatic carbocycles. The third-order valence-corrected chi connectivity index (χ3v) is 3.09. The number of aromatic nitrogens is 3. The summed E-state index contributed by atoms with van der Waals surface area (Å²) in [5.41, 5.74) is 3.14. The highest BCUT2D eigenvalue weighted by atomic mass is 16.1. The van der Waals surface area contributed by atoms with Crippen molar-refractivity contribution in [3.05, 3.63) is 72.2 Å². The second-order valence-electron chi connectivity index (χ2n) is 4.57. The van der Waals surface area contributed by atoms with Crippen LogP contribution in [0.3, 0.4) is 0 Å². The first-order chi connectivity index (χ1) is 10.3. The number of rotatable bonds is 4. The maximum Gasteiger partial charge on any atom is 0.269 e. The van der Waals surface area contributed by atoms with Gasteiger partial charge in [-0.2, -0.15) is 5.10 Å². The van der Waals surface area contributed by atoms with Crippen LogP contribution < -0.4 is 5.32 Å². The second kappa shape index (κ2) is 6.00. The predicted octanol–water partition coefficient (Wildman–Crippen LogP) is 2.40. The molecule has 0 spiro atoms. The largest absolute Gasteiger partial charge is 0.347 e. The number of hydrogen-bond donors (Lipinski definition) is 2. The Labute approximate surface area is 122 Å². The van der Waals surface area contributed by atoms with Crippen molar-refractivity contribution in [3.8, 4) is 11.3 Å². The zero-order chi connectivity index (χ0) is 14.5. The summed E-state index contributed by atoms with van der Waals surface area (Å²) in [5, 5.41) is 9.76. The maximum absolute atomic E-state index is 12.1. The van der Waals surface area contributed by atoms with Gasteiger partial charge in [-0.1, -0.05) is 30.3 Å². The van der Waals surface area contributed by atoms with Gasteiger partial charge in [-0.3, -0.25) is 14.9 Å². The van der Waals surface area contributed by atoms with E-state index in [9.17, 15) is 4.79 Å². The molecule has 3 aromatic rings. The van der Waals surface area contributed by atoms with Crippen molar-refractivity contribution in [2.45, 2.75) is 6.54 Å². The van der Waals surface area contributed by atoms with Crippen LogP contribution in [0.5, 0.6) is 0 Å². The van der Waals surface area contributed by atoms with Crippen LogP contribution in [0.25, 0.3) is 11.3 Å². The highest BCUT2D eigenvalue weighted by Crippen LogP contribution is 2.16. The molecule has 3 rings (SSSR count). The van der Waals surface area contributed by atoms with E-state index in [2.05, 4.69) is 20.5 Å². The summed E-state index contributed by atoms with van der Waals surface area (Å²) in [4.78, 5) is 16.0. The third kappa shape index (κ3) is 3.14. The Kier molecular flexibility index (Phi) is 3.73. The quantitative estimate of drug-likeness (QED) is 0.770. The van der Waals surface area contributed by atoms with E-state index in [1.165, 1.54) is 0 Å². The number of hydrogen-bond acceptors (Lipinski definition) is 3. The van der Waals surface area contributed by atoms with Gasteiger partial charge in [-0.15, -0.1) is 0 Å². The number of H-pyrrole nitrogens is 1. The molecule has 5 heteroatoms. The van der Waals surface area contributed by atoms with Gasteiger partial charge in [0, 0.05) is 24.5 Å². The fourth-order valence-electron chi connectivity index (χ4n) is 1.98. The van der Waals surface area contributed by atoms with Crippen LogP contribution in [-0.2, 0) is 6.54 Å². The Morgan fingerprint density at radius 2 is 1.86 bits per heavy atom. The molecular weight excluding hydrogens is 264 g/mol.